The van der Waals surface area contributed by atoms with Gasteiger partial charge in [-0.25, -0.2) is 8.42 Å². The zero-order valence-corrected chi connectivity index (χ0v) is 9.58. The summed E-state index contributed by atoms with van der Waals surface area (Å²) >= 11 is 1.27. The predicted molar refractivity (Wildman–Crippen MR) is 58.6 cm³/mol. The number of rotatable bonds is 3. The number of ketones is 1. The van der Waals surface area contributed by atoms with Crippen LogP contribution in [0.1, 0.15) is 10.4 Å². The van der Waals surface area contributed by atoms with Gasteiger partial charge in [0.25, 0.3) is 0 Å². The van der Waals surface area contributed by atoms with Gasteiger partial charge in [-0.2, -0.15) is 0 Å². The summed E-state index contributed by atoms with van der Waals surface area (Å²) in [6.07, 6.45) is 0. The van der Waals surface area contributed by atoms with Crippen molar-refractivity contribution in [2.45, 2.75) is 0 Å². The molecule has 0 N–H and O–H groups in total. The number of hydrogen-bond acceptors (Lipinski definition) is 3. The Morgan fingerprint density at radius 1 is 1.23 bits per heavy atom. The van der Waals surface area contributed by atoms with Crippen LogP contribution in [0.15, 0.2) is 30.3 Å². The molecule has 1 rings (SSSR count). The Kier molecular flexibility index (Phi) is 3.43. The molecule has 0 radical (unpaired) electrons. The number of carbonyl (C=O) groups is 1. The van der Waals surface area contributed by atoms with Crippen molar-refractivity contribution in [2.24, 2.45) is 0 Å². The fourth-order valence-corrected chi connectivity index (χ4v) is 2.19. The molecule has 0 aliphatic heterocycles. The van der Waals surface area contributed by atoms with E-state index in [4.69, 9.17) is 0 Å². The van der Waals surface area contributed by atoms with E-state index in [0.29, 0.717) is 5.56 Å². The maximum atomic E-state index is 11.3. The zero-order valence-electron chi connectivity index (χ0n) is 6.60. The van der Waals surface area contributed by atoms with E-state index in [1.54, 1.807) is 30.3 Å². The summed E-state index contributed by atoms with van der Waals surface area (Å²) in [7, 11) is -3.25. The average molecular weight is 310 g/mol. The molecule has 0 atom stereocenters. The van der Waals surface area contributed by atoms with E-state index >= 15 is 0 Å². The molecule has 0 saturated carbocycles. The van der Waals surface area contributed by atoms with Gasteiger partial charge in [-0.1, -0.05) is 30.3 Å². The first-order chi connectivity index (χ1) is 5.99. The second-order valence-electron chi connectivity index (χ2n) is 2.47. The lowest BCUT2D eigenvalue weighted by molar-refractivity contribution is 0.102. The molecule has 0 fully saturated rings. The molecular weight excluding hydrogens is 303 g/mol. The van der Waals surface area contributed by atoms with Crippen molar-refractivity contribution in [2.75, 3.05) is 5.75 Å². The summed E-state index contributed by atoms with van der Waals surface area (Å²) in [6, 6.07) is 8.38. The molecule has 0 heterocycles. The smallest absolute Gasteiger partial charge is 0.210 e. The highest BCUT2D eigenvalue weighted by Gasteiger charge is 2.13. The van der Waals surface area contributed by atoms with Crippen molar-refractivity contribution in [3.63, 3.8) is 0 Å². The predicted octanol–water partition coefficient (Wildman–Crippen LogP) is 1.63. The normalized spacial score (nSPS) is 11.2. The monoisotopic (exact) mass is 310 g/mol. The molecule has 0 saturated heterocycles. The van der Waals surface area contributed by atoms with Crippen LogP contribution in [0, 0.1) is 0 Å². The van der Waals surface area contributed by atoms with E-state index < -0.39 is 12.8 Å². The summed E-state index contributed by atoms with van der Waals surface area (Å²) in [5.41, 5.74) is 0.433. The molecule has 0 aromatic heterocycles. The summed E-state index contributed by atoms with van der Waals surface area (Å²) in [5, 5.41) is 0. The highest BCUT2D eigenvalue weighted by atomic mass is 127. The van der Waals surface area contributed by atoms with Crippen LogP contribution in [-0.4, -0.2) is 20.0 Å². The standard InChI is InChI=1S/C8H7IO3S/c9-13(11,12)6-8(10)7-4-2-1-3-5-7/h1-5H,6H2. The van der Waals surface area contributed by atoms with Gasteiger partial charge in [-0.05, 0) is 0 Å². The van der Waals surface area contributed by atoms with E-state index in [2.05, 4.69) is 0 Å². The van der Waals surface area contributed by atoms with Crippen LogP contribution < -0.4 is 0 Å². The van der Waals surface area contributed by atoms with Gasteiger partial charge in [0, 0.05) is 5.56 Å². The van der Waals surface area contributed by atoms with Gasteiger partial charge in [0.1, 0.15) is 5.75 Å². The molecular formula is C8H7IO3S. The molecule has 3 nitrogen and oxygen atoms in total. The van der Waals surface area contributed by atoms with Crippen LogP contribution >= 0.6 is 21.2 Å². The second kappa shape index (κ2) is 4.19. The largest absolute Gasteiger partial charge is 0.293 e. The average Bonchev–Trinajstić information content (AvgIpc) is 2.03. The van der Waals surface area contributed by atoms with Gasteiger partial charge in [-0.3, -0.25) is 4.79 Å². The molecule has 1 aromatic carbocycles. The maximum absolute atomic E-state index is 11.3. The Hall–Kier alpha value is -0.430. The lowest BCUT2D eigenvalue weighted by Gasteiger charge is -1.96. The molecule has 70 valence electrons. The zero-order chi connectivity index (χ0) is 9.90. The Morgan fingerprint density at radius 3 is 2.23 bits per heavy atom. The van der Waals surface area contributed by atoms with Gasteiger partial charge in [0.2, 0.25) is 7.01 Å². The van der Waals surface area contributed by atoms with E-state index in [-0.39, 0.29) is 5.78 Å². The van der Waals surface area contributed by atoms with Crippen LogP contribution in [0.3, 0.4) is 0 Å². The number of carbonyl (C=O) groups excluding carboxylic acids is 1. The molecule has 0 aliphatic carbocycles. The van der Waals surface area contributed by atoms with E-state index in [1.807, 2.05) is 0 Å². The molecule has 0 amide bonds. The Morgan fingerprint density at radius 2 is 1.77 bits per heavy atom. The van der Waals surface area contributed by atoms with E-state index in [0.717, 1.165) is 0 Å². The first-order valence-electron chi connectivity index (χ1n) is 3.49. The topological polar surface area (TPSA) is 51.2 Å². The molecule has 0 spiro atoms. The molecule has 0 unspecified atom stereocenters. The lowest BCUT2D eigenvalue weighted by atomic mass is 10.2. The first kappa shape index (κ1) is 10.6. The third-order valence-electron chi connectivity index (χ3n) is 1.40. The minimum absolute atomic E-state index is 0.366. The summed E-state index contributed by atoms with van der Waals surface area (Å²) in [4.78, 5) is 11.3. The fourth-order valence-electron chi connectivity index (χ4n) is 0.864. The minimum atomic E-state index is -3.25. The Labute approximate surface area is 88.7 Å². The van der Waals surface area contributed by atoms with Crippen molar-refractivity contribution in [3.8, 4) is 0 Å². The lowest BCUT2D eigenvalue weighted by Crippen LogP contribution is -2.10. The molecule has 5 heteroatoms. The molecule has 1 aromatic rings. The van der Waals surface area contributed by atoms with Crippen LogP contribution in [-0.2, 0) is 7.01 Å². The van der Waals surface area contributed by atoms with Gasteiger partial charge < -0.3 is 0 Å². The quantitative estimate of drug-likeness (QED) is 0.484. The number of hydrogen-bond donors (Lipinski definition) is 0. The van der Waals surface area contributed by atoms with Crippen LogP contribution in [0.25, 0.3) is 0 Å². The van der Waals surface area contributed by atoms with Gasteiger partial charge in [-0.15, -0.1) is 0 Å². The third kappa shape index (κ3) is 3.86. The SMILES string of the molecule is O=C(CS(=O)(=O)I)c1ccccc1. The summed E-state index contributed by atoms with van der Waals surface area (Å²) < 4.78 is 21.6. The van der Waals surface area contributed by atoms with Crippen LogP contribution in [0.4, 0.5) is 0 Å². The Bertz CT molecular complexity index is 397. The number of halogens is 1. The molecule has 0 bridgehead atoms. The van der Waals surface area contributed by atoms with Crippen molar-refractivity contribution in [3.05, 3.63) is 35.9 Å². The van der Waals surface area contributed by atoms with Crippen molar-refractivity contribution in [1.29, 1.82) is 0 Å². The molecule has 13 heavy (non-hydrogen) atoms. The van der Waals surface area contributed by atoms with Crippen molar-refractivity contribution >= 4 is 34.0 Å². The van der Waals surface area contributed by atoms with Crippen molar-refractivity contribution < 1.29 is 13.2 Å². The van der Waals surface area contributed by atoms with E-state index in [9.17, 15) is 13.2 Å². The highest BCUT2D eigenvalue weighted by molar-refractivity contribution is 14.2. The third-order valence-corrected chi connectivity index (χ3v) is 2.94. The second-order valence-corrected chi connectivity index (χ2v) is 7.86. The highest BCUT2D eigenvalue weighted by Crippen LogP contribution is 2.07. The fraction of sp³-hybridized carbons (Fsp3) is 0.125. The van der Waals surface area contributed by atoms with Gasteiger partial charge in [0.05, 0.1) is 21.2 Å². The minimum Gasteiger partial charge on any atom is -0.293 e. The maximum Gasteiger partial charge on any atom is 0.210 e. The molecule has 0 aliphatic rings. The van der Waals surface area contributed by atoms with Gasteiger partial charge in [0.15, 0.2) is 5.78 Å². The Balaban J connectivity index is 2.82. The van der Waals surface area contributed by atoms with Crippen LogP contribution in [0.5, 0.6) is 0 Å². The summed E-state index contributed by atoms with van der Waals surface area (Å²) in [6.45, 7) is 0. The van der Waals surface area contributed by atoms with Gasteiger partial charge >= 0.3 is 0 Å². The number of Topliss-reactive ketones (excluding diaryl/α,β-unsaturated/α-hetero) is 1. The van der Waals surface area contributed by atoms with Crippen molar-refractivity contribution in [1.82, 2.24) is 0 Å². The van der Waals surface area contributed by atoms with E-state index in [1.165, 1.54) is 21.2 Å². The summed E-state index contributed by atoms with van der Waals surface area (Å²) in [5.74, 6) is -0.799. The number of benzene rings is 1. The van der Waals surface area contributed by atoms with Crippen LogP contribution in [0.2, 0.25) is 0 Å². The first-order valence-corrected chi connectivity index (χ1v) is 7.69.